The Bertz CT molecular complexity index is 453. The third-order valence-electron chi connectivity index (χ3n) is 4.19. The van der Waals surface area contributed by atoms with Crippen LogP contribution < -0.4 is 0 Å². The van der Waals surface area contributed by atoms with Crippen LogP contribution in [-0.2, 0) is 20.8 Å². The molecule has 0 aromatic heterocycles. The second kappa shape index (κ2) is 7.21. The van der Waals surface area contributed by atoms with Crippen molar-refractivity contribution in [2.24, 2.45) is 5.41 Å². The first-order valence-corrected chi connectivity index (χ1v) is 7.54. The molecule has 1 aromatic carbocycles. The third-order valence-corrected chi connectivity index (χ3v) is 4.19. The molecule has 2 rings (SSSR count). The molecule has 1 saturated heterocycles. The fourth-order valence-corrected chi connectivity index (χ4v) is 2.73. The van der Waals surface area contributed by atoms with Crippen molar-refractivity contribution in [3.63, 3.8) is 0 Å². The number of allylic oxidation sites excluding steroid dienone is 1. The zero-order valence-electron chi connectivity index (χ0n) is 13.4. The van der Waals surface area contributed by atoms with Gasteiger partial charge in [0.05, 0.1) is 18.8 Å². The van der Waals surface area contributed by atoms with Crippen molar-refractivity contribution in [1.29, 1.82) is 0 Å². The van der Waals surface area contributed by atoms with Gasteiger partial charge in [-0.1, -0.05) is 56.3 Å². The highest BCUT2D eigenvalue weighted by atomic mass is 16.7. The number of methoxy groups -OCH3 is 1. The van der Waals surface area contributed by atoms with Gasteiger partial charge in [0.25, 0.3) is 0 Å². The van der Waals surface area contributed by atoms with Crippen LogP contribution in [0.4, 0.5) is 0 Å². The first-order chi connectivity index (χ1) is 10.1. The summed E-state index contributed by atoms with van der Waals surface area (Å²) < 4.78 is 17.6. The lowest BCUT2D eigenvalue weighted by molar-refractivity contribution is -0.247. The predicted molar refractivity (Wildman–Crippen MR) is 83.9 cm³/mol. The van der Waals surface area contributed by atoms with Gasteiger partial charge in [-0.05, 0) is 12.5 Å². The minimum absolute atomic E-state index is 0.00183. The highest BCUT2D eigenvalue weighted by Gasteiger charge is 2.44. The predicted octanol–water partition coefficient (Wildman–Crippen LogP) is 3.94. The summed E-state index contributed by atoms with van der Waals surface area (Å²) in [6.45, 7) is 7.02. The number of hydrogen-bond donors (Lipinski definition) is 0. The molecule has 0 aliphatic carbocycles. The molecular formula is C18H26O3. The maximum atomic E-state index is 6.20. The van der Waals surface area contributed by atoms with Crippen LogP contribution in [0, 0.1) is 5.41 Å². The summed E-state index contributed by atoms with van der Waals surface area (Å²) in [4.78, 5) is 0. The fraction of sp³-hybridized carbons (Fsp3) is 0.556. The molecule has 0 amide bonds. The van der Waals surface area contributed by atoms with Crippen molar-refractivity contribution in [1.82, 2.24) is 0 Å². The monoisotopic (exact) mass is 290 g/mol. The fourth-order valence-electron chi connectivity index (χ4n) is 2.73. The van der Waals surface area contributed by atoms with Crippen LogP contribution in [0.1, 0.15) is 32.8 Å². The molecule has 116 valence electrons. The average molecular weight is 290 g/mol. The third kappa shape index (κ3) is 3.94. The molecule has 3 heteroatoms. The first-order valence-electron chi connectivity index (χ1n) is 7.54. The highest BCUT2D eigenvalue weighted by Crippen LogP contribution is 2.39. The Kier molecular flexibility index (Phi) is 5.57. The molecule has 3 nitrogen and oxygen atoms in total. The summed E-state index contributed by atoms with van der Waals surface area (Å²) >= 11 is 0. The first kappa shape index (κ1) is 16.2. The van der Waals surface area contributed by atoms with Gasteiger partial charge in [-0.3, -0.25) is 0 Å². The van der Waals surface area contributed by atoms with Crippen LogP contribution in [0.15, 0.2) is 42.5 Å². The molecule has 0 bridgehead atoms. The maximum Gasteiger partial charge on any atom is 0.160 e. The van der Waals surface area contributed by atoms with Gasteiger partial charge < -0.3 is 14.2 Å². The van der Waals surface area contributed by atoms with Gasteiger partial charge in [-0.25, -0.2) is 0 Å². The van der Waals surface area contributed by atoms with E-state index in [0.717, 1.165) is 6.42 Å². The molecule has 1 aliphatic rings. The average Bonchev–Trinajstić information content (AvgIpc) is 2.49. The largest absolute Gasteiger partial charge is 0.373 e. The minimum atomic E-state index is -0.208. The van der Waals surface area contributed by atoms with Gasteiger partial charge >= 0.3 is 0 Å². The molecular weight excluding hydrogens is 264 g/mol. The number of ether oxygens (including phenoxy) is 3. The van der Waals surface area contributed by atoms with Crippen molar-refractivity contribution >= 4 is 0 Å². The Balaban J connectivity index is 2.07. The van der Waals surface area contributed by atoms with E-state index in [1.54, 1.807) is 7.11 Å². The van der Waals surface area contributed by atoms with E-state index < -0.39 is 0 Å². The molecule has 0 unspecified atom stereocenters. The lowest BCUT2D eigenvalue weighted by Crippen LogP contribution is -2.51. The minimum Gasteiger partial charge on any atom is -0.373 e. The summed E-state index contributed by atoms with van der Waals surface area (Å²) in [6.07, 6.45) is 4.76. The van der Waals surface area contributed by atoms with Gasteiger partial charge in [0.2, 0.25) is 0 Å². The van der Waals surface area contributed by atoms with Crippen molar-refractivity contribution in [2.45, 2.75) is 52.3 Å². The van der Waals surface area contributed by atoms with Crippen LogP contribution in [0.3, 0.4) is 0 Å². The molecule has 21 heavy (non-hydrogen) atoms. The van der Waals surface area contributed by atoms with Crippen LogP contribution in [0.5, 0.6) is 0 Å². The zero-order valence-corrected chi connectivity index (χ0v) is 13.4. The Hall–Kier alpha value is -1.16. The van der Waals surface area contributed by atoms with E-state index in [9.17, 15) is 0 Å². The quantitative estimate of drug-likeness (QED) is 0.769. The molecule has 0 saturated carbocycles. The molecule has 0 N–H and O–H groups in total. The van der Waals surface area contributed by atoms with Crippen LogP contribution in [0.25, 0.3) is 0 Å². The van der Waals surface area contributed by atoms with Crippen molar-refractivity contribution in [3.05, 3.63) is 48.0 Å². The van der Waals surface area contributed by atoms with Crippen molar-refractivity contribution < 1.29 is 14.2 Å². The molecule has 1 aliphatic heterocycles. The van der Waals surface area contributed by atoms with E-state index in [0.29, 0.717) is 6.61 Å². The second-order valence-electron chi connectivity index (χ2n) is 6.09. The summed E-state index contributed by atoms with van der Waals surface area (Å²) in [5.74, 6) is 0. The lowest BCUT2D eigenvalue weighted by Gasteiger charge is -2.46. The molecule has 1 aromatic rings. The van der Waals surface area contributed by atoms with Crippen LogP contribution in [0.2, 0.25) is 0 Å². The normalized spacial score (nSPS) is 28.9. The number of benzene rings is 1. The Morgan fingerprint density at radius 3 is 2.62 bits per heavy atom. The van der Waals surface area contributed by atoms with Gasteiger partial charge in [0.15, 0.2) is 6.29 Å². The Labute approximate surface area is 127 Å². The van der Waals surface area contributed by atoms with Crippen molar-refractivity contribution in [3.8, 4) is 0 Å². The van der Waals surface area contributed by atoms with E-state index in [-0.39, 0.29) is 23.9 Å². The molecule has 1 fully saturated rings. The van der Waals surface area contributed by atoms with Gasteiger partial charge in [-0.2, -0.15) is 0 Å². The van der Waals surface area contributed by atoms with E-state index in [1.807, 2.05) is 31.2 Å². The summed E-state index contributed by atoms with van der Waals surface area (Å²) in [7, 11) is 1.68. The maximum absolute atomic E-state index is 6.20. The van der Waals surface area contributed by atoms with E-state index in [4.69, 9.17) is 14.2 Å². The number of rotatable bonds is 5. The molecule has 0 radical (unpaired) electrons. The Morgan fingerprint density at radius 2 is 2.00 bits per heavy atom. The van der Waals surface area contributed by atoms with Crippen LogP contribution >= 0.6 is 0 Å². The zero-order chi connectivity index (χ0) is 15.3. The SMILES string of the molecule is C/C=C\[C@H]1O[C@@H](OC)C[C@@H](OCc2ccccc2)C1(C)C. The van der Waals surface area contributed by atoms with E-state index >= 15 is 0 Å². The van der Waals surface area contributed by atoms with Crippen molar-refractivity contribution in [2.75, 3.05) is 7.11 Å². The summed E-state index contributed by atoms with van der Waals surface area (Å²) in [5.41, 5.74) is 1.10. The molecule has 3 atom stereocenters. The van der Waals surface area contributed by atoms with Crippen LogP contribution in [-0.4, -0.2) is 25.6 Å². The smallest absolute Gasteiger partial charge is 0.160 e. The summed E-state index contributed by atoms with van der Waals surface area (Å²) in [5, 5.41) is 0. The molecule has 0 spiro atoms. The summed E-state index contributed by atoms with van der Waals surface area (Å²) in [6, 6.07) is 10.3. The second-order valence-corrected chi connectivity index (χ2v) is 6.09. The Morgan fingerprint density at radius 1 is 1.29 bits per heavy atom. The van der Waals surface area contributed by atoms with E-state index in [2.05, 4.69) is 32.1 Å². The standard InChI is InChI=1S/C18H26O3/c1-5-9-15-18(2,3)16(12-17(19-4)21-15)20-13-14-10-7-6-8-11-14/h5-11,15-17H,12-13H2,1-4H3/b9-5-/t15-,16-,17-/m1/s1. The van der Waals surface area contributed by atoms with Gasteiger partial charge in [0, 0.05) is 18.9 Å². The van der Waals surface area contributed by atoms with Gasteiger partial charge in [-0.15, -0.1) is 0 Å². The topological polar surface area (TPSA) is 27.7 Å². The van der Waals surface area contributed by atoms with Gasteiger partial charge in [0.1, 0.15) is 0 Å². The number of hydrogen-bond acceptors (Lipinski definition) is 3. The lowest BCUT2D eigenvalue weighted by atomic mass is 9.77. The molecule has 1 heterocycles. The van der Waals surface area contributed by atoms with E-state index in [1.165, 1.54) is 5.56 Å². The highest BCUT2D eigenvalue weighted by molar-refractivity contribution is 5.13.